The predicted molar refractivity (Wildman–Crippen MR) is 84.7 cm³/mol. The molecule has 0 aliphatic carbocycles. The van der Waals surface area contributed by atoms with Crippen LogP contribution in [-0.2, 0) is 0 Å². The van der Waals surface area contributed by atoms with E-state index in [9.17, 15) is 0 Å². The Balaban J connectivity index is 4.25. The number of nitrogens with one attached hydrogen (secondary N) is 3. The van der Waals surface area contributed by atoms with Gasteiger partial charge in [-0.1, -0.05) is 45.7 Å². The van der Waals surface area contributed by atoms with E-state index in [0.29, 0.717) is 0 Å². The molecule has 4 heteroatoms. The van der Waals surface area contributed by atoms with Gasteiger partial charge in [-0.15, -0.1) is 6.58 Å². The van der Waals surface area contributed by atoms with E-state index in [0.717, 1.165) is 19.6 Å². The molecule has 0 saturated carbocycles. The minimum atomic E-state index is -1.87. The van der Waals surface area contributed by atoms with Crippen molar-refractivity contribution in [1.82, 2.24) is 14.9 Å². The third-order valence-electron chi connectivity index (χ3n) is 3.11. The van der Waals surface area contributed by atoms with Crippen LogP contribution in [0.5, 0.6) is 0 Å². The summed E-state index contributed by atoms with van der Waals surface area (Å²) >= 11 is 0. The summed E-state index contributed by atoms with van der Waals surface area (Å²) in [6.07, 6.45) is 7.39. The number of rotatable bonds is 13. The highest BCUT2D eigenvalue weighted by molar-refractivity contribution is 6.77. The molecule has 0 saturated heterocycles. The number of unbranched alkanes of at least 4 members (excludes halogenated alkanes) is 3. The first-order chi connectivity index (χ1) is 8.74. The maximum Gasteiger partial charge on any atom is 0.307 e. The molecule has 0 aliphatic rings. The molecule has 0 spiro atoms. The average Bonchev–Trinajstić information content (AvgIpc) is 2.39. The molecule has 0 aromatic rings. The summed E-state index contributed by atoms with van der Waals surface area (Å²) in [6, 6.07) is 0. The molecule has 3 nitrogen and oxygen atoms in total. The van der Waals surface area contributed by atoms with Gasteiger partial charge in [-0.25, -0.2) is 0 Å². The highest BCUT2D eigenvalue weighted by atomic mass is 28.4. The van der Waals surface area contributed by atoms with E-state index in [2.05, 4.69) is 48.0 Å². The molecule has 108 valence electrons. The van der Waals surface area contributed by atoms with Crippen molar-refractivity contribution in [1.29, 1.82) is 0 Å². The first kappa shape index (κ1) is 17.8. The van der Waals surface area contributed by atoms with E-state index in [4.69, 9.17) is 0 Å². The second-order valence-electron chi connectivity index (χ2n) is 4.85. The van der Waals surface area contributed by atoms with Gasteiger partial charge in [-0.3, -0.25) is 0 Å². The van der Waals surface area contributed by atoms with Gasteiger partial charge in [0, 0.05) is 0 Å². The summed E-state index contributed by atoms with van der Waals surface area (Å²) in [5.41, 5.74) is 2.11. The second-order valence-corrected chi connectivity index (χ2v) is 7.94. The van der Waals surface area contributed by atoms with Crippen LogP contribution in [0.3, 0.4) is 0 Å². The highest BCUT2D eigenvalue weighted by Crippen LogP contribution is 1.96. The maximum atomic E-state index is 4.04. The van der Waals surface area contributed by atoms with E-state index < -0.39 is 8.56 Å². The normalized spacial score (nSPS) is 11.7. The van der Waals surface area contributed by atoms with Gasteiger partial charge >= 0.3 is 8.56 Å². The second kappa shape index (κ2) is 11.9. The van der Waals surface area contributed by atoms with Crippen molar-refractivity contribution in [3.8, 4) is 0 Å². The van der Waals surface area contributed by atoms with Crippen molar-refractivity contribution in [3.63, 3.8) is 0 Å². The van der Waals surface area contributed by atoms with Gasteiger partial charge in [0.1, 0.15) is 0 Å². The van der Waals surface area contributed by atoms with Crippen molar-refractivity contribution in [2.45, 2.75) is 59.3 Å². The van der Waals surface area contributed by atoms with Crippen LogP contribution in [-0.4, -0.2) is 28.2 Å². The lowest BCUT2D eigenvalue weighted by atomic mass is 10.3. The molecule has 18 heavy (non-hydrogen) atoms. The average molecular weight is 272 g/mol. The molecule has 0 rings (SSSR count). The number of hydrogen-bond acceptors (Lipinski definition) is 3. The topological polar surface area (TPSA) is 36.1 Å². The SMILES string of the molecule is C=C[Si](NCCCC)(NCCCC)NCCCC. The smallest absolute Gasteiger partial charge is 0.307 e. The van der Waals surface area contributed by atoms with Crippen LogP contribution in [0.15, 0.2) is 12.3 Å². The third-order valence-corrected chi connectivity index (χ3v) is 6.14. The molecule has 0 unspecified atom stereocenters. The van der Waals surface area contributed by atoms with Crippen LogP contribution in [0.1, 0.15) is 59.3 Å². The van der Waals surface area contributed by atoms with Gasteiger partial charge in [0.2, 0.25) is 0 Å². The highest BCUT2D eigenvalue weighted by Gasteiger charge is 2.28. The van der Waals surface area contributed by atoms with Crippen LogP contribution in [0.25, 0.3) is 0 Å². The molecule has 0 amide bonds. The summed E-state index contributed by atoms with van der Waals surface area (Å²) in [5, 5.41) is 0. The molecule has 0 aromatic carbocycles. The van der Waals surface area contributed by atoms with Gasteiger partial charge in [-0.05, 0) is 38.9 Å². The summed E-state index contributed by atoms with van der Waals surface area (Å²) < 4.78 is 0. The fourth-order valence-electron chi connectivity index (χ4n) is 1.79. The molecule has 0 radical (unpaired) electrons. The molecule has 0 heterocycles. The van der Waals surface area contributed by atoms with Gasteiger partial charge in [0.25, 0.3) is 0 Å². The summed E-state index contributed by atoms with van der Waals surface area (Å²) in [6.45, 7) is 14.0. The van der Waals surface area contributed by atoms with E-state index in [1.807, 2.05) is 0 Å². The minimum Gasteiger partial charge on any atom is -0.310 e. The molecular formula is C14H33N3Si. The van der Waals surface area contributed by atoms with Crippen LogP contribution in [0, 0.1) is 0 Å². The van der Waals surface area contributed by atoms with Gasteiger partial charge < -0.3 is 14.9 Å². The van der Waals surface area contributed by atoms with Crippen LogP contribution in [0.2, 0.25) is 0 Å². The Morgan fingerprint density at radius 1 is 0.778 bits per heavy atom. The quantitative estimate of drug-likeness (QED) is 0.356. The summed E-state index contributed by atoms with van der Waals surface area (Å²) in [5.74, 6) is 0. The predicted octanol–water partition coefficient (Wildman–Crippen LogP) is 2.82. The van der Waals surface area contributed by atoms with Crippen molar-refractivity contribution in [2.75, 3.05) is 19.6 Å². The Kier molecular flexibility index (Phi) is 11.8. The third kappa shape index (κ3) is 8.03. The Bertz CT molecular complexity index is 171. The first-order valence-electron chi connectivity index (χ1n) is 7.63. The minimum absolute atomic E-state index is 1.08. The summed E-state index contributed by atoms with van der Waals surface area (Å²) in [4.78, 5) is 11.1. The van der Waals surface area contributed by atoms with E-state index in [1.54, 1.807) is 0 Å². The zero-order chi connectivity index (χ0) is 13.7. The lowest BCUT2D eigenvalue weighted by Gasteiger charge is -2.31. The first-order valence-corrected chi connectivity index (χ1v) is 9.71. The summed E-state index contributed by atoms with van der Waals surface area (Å²) in [7, 11) is -1.87. The van der Waals surface area contributed by atoms with Gasteiger partial charge in [0.15, 0.2) is 0 Å². The lowest BCUT2D eigenvalue weighted by molar-refractivity contribution is 0.667. The number of hydrogen-bond donors (Lipinski definition) is 3. The Labute approximate surface area is 115 Å². The van der Waals surface area contributed by atoms with Crippen molar-refractivity contribution >= 4 is 8.56 Å². The molecule has 3 N–H and O–H groups in total. The van der Waals surface area contributed by atoms with Crippen molar-refractivity contribution in [2.24, 2.45) is 0 Å². The standard InChI is InChI=1S/C14H33N3Si/c1-5-9-12-15-18(8-4,16-13-10-6-2)17-14-11-7-3/h8,15-17H,4-7,9-14H2,1-3H3. The van der Waals surface area contributed by atoms with Crippen LogP contribution >= 0.6 is 0 Å². The Morgan fingerprint density at radius 2 is 1.11 bits per heavy atom. The van der Waals surface area contributed by atoms with Crippen molar-refractivity contribution in [3.05, 3.63) is 12.3 Å². The Morgan fingerprint density at radius 3 is 1.33 bits per heavy atom. The molecule has 0 aromatic heterocycles. The van der Waals surface area contributed by atoms with Crippen LogP contribution < -0.4 is 14.9 Å². The van der Waals surface area contributed by atoms with E-state index in [-0.39, 0.29) is 0 Å². The van der Waals surface area contributed by atoms with Crippen LogP contribution in [0.4, 0.5) is 0 Å². The largest absolute Gasteiger partial charge is 0.310 e. The Hall–Kier alpha value is -0.163. The molecule has 0 fully saturated rings. The zero-order valence-electron chi connectivity index (χ0n) is 12.6. The van der Waals surface area contributed by atoms with E-state index in [1.165, 1.54) is 38.5 Å². The maximum absolute atomic E-state index is 4.04. The molecule has 0 aliphatic heterocycles. The molecular weight excluding hydrogens is 238 g/mol. The fourth-order valence-corrected chi connectivity index (χ4v) is 4.31. The molecule has 0 atom stereocenters. The van der Waals surface area contributed by atoms with Gasteiger partial charge in [0.05, 0.1) is 0 Å². The zero-order valence-corrected chi connectivity index (χ0v) is 13.6. The monoisotopic (exact) mass is 271 g/mol. The molecule has 0 bridgehead atoms. The van der Waals surface area contributed by atoms with Crippen molar-refractivity contribution < 1.29 is 0 Å². The van der Waals surface area contributed by atoms with Gasteiger partial charge in [-0.2, -0.15) is 0 Å². The fraction of sp³-hybridized carbons (Fsp3) is 0.857. The van der Waals surface area contributed by atoms with E-state index >= 15 is 0 Å². The lowest BCUT2D eigenvalue weighted by Crippen LogP contribution is -2.71.